The molecule has 0 aliphatic heterocycles. The maximum absolute atomic E-state index is 11.6. The molecule has 0 saturated heterocycles. The molecule has 1 rings (SSSR count). The normalized spacial score (nSPS) is 13.2. The predicted molar refractivity (Wildman–Crippen MR) is 70.6 cm³/mol. The molecular weight excluding hydrogens is 270 g/mol. The van der Waals surface area contributed by atoms with E-state index in [1.165, 1.54) is 13.8 Å². The minimum Gasteiger partial charge on any atom is -0.459 e. The lowest BCUT2D eigenvalue weighted by Crippen LogP contribution is -2.40. The summed E-state index contributed by atoms with van der Waals surface area (Å²) in [5.41, 5.74) is 0.118. The van der Waals surface area contributed by atoms with Gasteiger partial charge in [0, 0.05) is 0 Å². The van der Waals surface area contributed by atoms with Gasteiger partial charge in [0.05, 0.1) is 0 Å². The smallest absolute Gasteiger partial charge is 0.409 e. The molecule has 1 aromatic carbocycles. The third-order valence-corrected chi connectivity index (χ3v) is 2.27. The molecule has 0 radical (unpaired) electrons. The van der Waals surface area contributed by atoms with E-state index in [4.69, 9.17) is 16.3 Å². The van der Waals surface area contributed by atoms with Crippen LogP contribution in [0.2, 0.25) is 0 Å². The average molecular weight is 286 g/mol. The number of carbonyl (C=O) groups is 2. The van der Waals surface area contributed by atoms with Crippen molar-refractivity contribution in [2.75, 3.05) is 0 Å². The summed E-state index contributed by atoms with van der Waals surface area (Å²) in [6, 6.07) is 8.46. The molecule has 0 saturated carbocycles. The number of alkyl halides is 1. The number of benzene rings is 1. The van der Waals surface area contributed by atoms with E-state index in [9.17, 15) is 9.59 Å². The maximum atomic E-state index is 11.6. The molecule has 2 atom stereocenters. The second kappa shape index (κ2) is 7.63. The average Bonchev–Trinajstić information content (AvgIpc) is 2.36. The Morgan fingerprint density at radius 3 is 2.47 bits per heavy atom. The maximum Gasteiger partial charge on any atom is 0.409 e. The molecular formula is C13H16ClNO4. The first kappa shape index (κ1) is 15.3. The molecule has 1 N–H and O–H groups in total. The number of ether oxygens (including phenoxy) is 2. The van der Waals surface area contributed by atoms with Gasteiger partial charge in [-0.3, -0.25) is 0 Å². The van der Waals surface area contributed by atoms with Gasteiger partial charge in [0.15, 0.2) is 5.56 Å². The van der Waals surface area contributed by atoms with E-state index in [-0.39, 0.29) is 6.61 Å². The number of halogens is 1. The number of nitrogens with one attached hydrogen (secondary N) is 1. The molecule has 0 fully saturated rings. The van der Waals surface area contributed by atoms with Crippen LogP contribution in [0, 0.1) is 0 Å². The fourth-order valence-corrected chi connectivity index (χ4v) is 1.35. The Labute approximate surface area is 116 Å². The zero-order valence-electron chi connectivity index (χ0n) is 10.8. The first-order valence-electron chi connectivity index (χ1n) is 5.81. The van der Waals surface area contributed by atoms with E-state index < -0.39 is 23.7 Å². The molecule has 0 aromatic heterocycles. The molecule has 0 bridgehead atoms. The zero-order valence-corrected chi connectivity index (χ0v) is 11.5. The number of rotatable bonds is 5. The Balaban J connectivity index is 2.35. The number of hydrogen-bond acceptors (Lipinski definition) is 4. The summed E-state index contributed by atoms with van der Waals surface area (Å²) < 4.78 is 9.69. The zero-order chi connectivity index (χ0) is 14.3. The largest absolute Gasteiger partial charge is 0.459 e. The quantitative estimate of drug-likeness (QED) is 0.666. The molecule has 1 amide bonds. The van der Waals surface area contributed by atoms with Crippen molar-refractivity contribution < 1.29 is 19.1 Å². The van der Waals surface area contributed by atoms with E-state index in [0.717, 1.165) is 5.56 Å². The monoisotopic (exact) mass is 285 g/mol. The van der Waals surface area contributed by atoms with Crippen LogP contribution in [0.15, 0.2) is 30.3 Å². The fraction of sp³-hybridized carbons (Fsp3) is 0.385. The molecule has 6 heteroatoms. The number of alkyl carbamates (subject to hydrolysis) is 1. The van der Waals surface area contributed by atoms with Crippen LogP contribution < -0.4 is 5.32 Å². The van der Waals surface area contributed by atoms with Gasteiger partial charge in [0.25, 0.3) is 0 Å². The molecule has 19 heavy (non-hydrogen) atoms. The van der Waals surface area contributed by atoms with E-state index in [2.05, 4.69) is 10.1 Å². The SMILES string of the molecule is C[C@H](NC(=O)O[C@@H](C)Cl)C(=O)OCc1ccccc1. The molecule has 0 heterocycles. The van der Waals surface area contributed by atoms with Gasteiger partial charge in [0.1, 0.15) is 12.6 Å². The van der Waals surface area contributed by atoms with Crippen molar-refractivity contribution in [3.8, 4) is 0 Å². The van der Waals surface area contributed by atoms with Gasteiger partial charge in [-0.1, -0.05) is 41.9 Å². The van der Waals surface area contributed by atoms with Gasteiger partial charge in [-0.2, -0.15) is 0 Å². The van der Waals surface area contributed by atoms with Gasteiger partial charge >= 0.3 is 12.1 Å². The molecule has 5 nitrogen and oxygen atoms in total. The molecule has 0 spiro atoms. The first-order chi connectivity index (χ1) is 8.99. The number of hydrogen-bond donors (Lipinski definition) is 1. The van der Waals surface area contributed by atoms with E-state index >= 15 is 0 Å². The molecule has 104 valence electrons. The van der Waals surface area contributed by atoms with Crippen molar-refractivity contribution in [3.63, 3.8) is 0 Å². The number of amides is 1. The highest BCUT2D eigenvalue weighted by Crippen LogP contribution is 2.02. The Kier molecular flexibility index (Phi) is 6.15. The van der Waals surface area contributed by atoms with Gasteiger partial charge in [-0.05, 0) is 19.4 Å². The Morgan fingerprint density at radius 1 is 1.26 bits per heavy atom. The summed E-state index contributed by atoms with van der Waals surface area (Å²) in [6.45, 7) is 3.17. The van der Waals surface area contributed by atoms with Crippen LogP contribution in [0.5, 0.6) is 0 Å². The summed E-state index contributed by atoms with van der Waals surface area (Å²) in [7, 11) is 0. The van der Waals surface area contributed by atoms with E-state index in [1.807, 2.05) is 30.3 Å². The second-order valence-corrected chi connectivity index (χ2v) is 4.52. The first-order valence-corrected chi connectivity index (χ1v) is 6.24. The predicted octanol–water partition coefficient (Wildman–Crippen LogP) is 2.43. The van der Waals surface area contributed by atoms with Gasteiger partial charge in [-0.25, -0.2) is 9.59 Å². The van der Waals surface area contributed by atoms with Crippen molar-refractivity contribution in [2.45, 2.75) is 32.1 Å². The van der Waals surface area contributed by atoms with Crippen molar-refractivity contribution in [2.24, 2.45) is 0 Å². The lowest BCUT2D eigenvalue weighted by molar-refractivity contribution is -0.146. The van der Waals surface area contributed by atoms with Crippen molar-refractivity contribution in [3.05, 3.63) is 35.9 Å². The summed E-state index contributed by atoms with van der Waals surface area (Å²) in [5.74, 6) is -0.539. The lowest BCUT2D eigenvalue weighted by Gasteiger charge is -2.14. The second-order valence-electron chi connectivity index (χ2n) is 3.91. The standard InChI is InChI=1S/C13H16ClNO4/c1-9(15-13(17)19-10(2)14)12(16)18-8-11-6-4-3-5-7-11/h3-7,9-10H,8H2,1-2H3,(H,15,17)/t9-,10-/m0/s1. The molecule has 1 aromatic rings. The van der Waals surface area contributed by atoms with Gasteiger partial charge in [-0.15, -0.1) is 0 Å². The van der Waals surface area contributed by atoms with Crippen LogP contribution in [0.3, 0.4) is 0 Å². The third-order valence-electron chi connectivity index (χ3n) is 2.18. The minimum absolute atomic E-state index is 0.159. The summed E-state index contributed by atoms with van der Waals surface area (Å²) in [4.78, 5) is 22.8. The van der Waals surface area contributed by atoms with Crippen molar-refractivity contribution in [1.82, 2.24) is 5.32 Å². The van der Waals surface area contributed by atoms with Crippen molar-refractivity contribution >= 4 is 23.7 Å². The number of esters is 1. The fourth-order valence-electron chi connectivity index (χ4n) is 1.27. The molecule has 0 aliphatic rings. The van der Waals surface area contributed by atoms with Gasteiger partial charge < -0.3 is 14.8 Å². The minimum atomic E-state index is -0.799. The van der Waals surface area contributed by atoms with Crippen LogP contribution in [-0.4, -0.2) is 23.7 Å². The molecule has 0 aliphatic carbocycles. The van der Waals surface area contributed by atoms with Crippen molar-refractivity contribution in [1.29, 1.82) is 0 Å². The van der Waals surface area contributed by atoms with Crippen LogP contribution >= 0.6 is 11.6 Å². The highest BCUT2D eigenvalue weighted by Gasteiger charge is 2.18. The molecule has 0 unspecified atom stereocenters. The van der Waals surface area contributed by atoms with Gasteiger partial charge in [0.2, 0.25) is 0 Å². The van der Waals surface area contributed by atoms with E-state index in [0.29, 0.717) is 0 Å². The topological polar surface area (TPSA) is 64.6 Å². The van der Waals surface area contributed by atoms with Crippen LogP contribution in [0.25, 0.3) is 0 Å². The van der Waals surface area contributed by atoms with Crippen LogP contribution in [-0.2, 0) is 20.9 Å². The number of carbonyl (C=O) groups excluding carboxylic acids is 2. The van der Waals surface area contributed by atoms with Crippen LogP contribution in [0.4, 0.5) is 4.79 Å². The van der Waals surface area contributed by atoms with E-state index in [1.54, 1.807) is 0 Å². The Hall–Kier alpha value is -1.75. The Bertz CT molecular complexity index is 422. The summed E-state index contributed by atoms with van der Waals surface area (Å²) in [5, 5.41) is 2.33. The summed E-state index contributed by atoms with van der Waals surface area (Å²) >= 11 is 5.48. The Morgan fingerprint density at radius 2 is 1.89 bits per heavy atom. The summed E-state index contributed by atoms with van der Waals surface area (Å²) in [6.07, 6.45) is -0.758. The highest BCUT2D eigenvalue weighted by atomic mass is 35.5. The van der Waals surface area contributed by atoms with Crippen LogP contribution in [0.1, 0.15) is 19.4 Å². The lowest BCUT2D eigenvalue weighted by atomic mass is 10.2. The highest BCUT2D eigenvalue weighted by molar-refractivity contribution is 6.19. The third kappa shape index (κ3) is 6.10.